The molecule has 0 spiro atoms. The minimum Gasteiger partial charge on any atom is -0.481 e. The van der Waals surface area contributed by atoms with Gasteiger partial charge in [-0.25, -0.2) is 4.98 Å². The molecule has 2 heterocycles. The first-order valence-electron chi connectivity index (χ1n) is 7.71. The molecule has 1 aromatic carbocycles. The van der Waals surface area contributed by atoms with Crippen LogP contribution >= 0.6 is 0 Å². The maximum atomic E-state index is 12.5. The number of aromatic nitrogens is 1. The Bertz CT molecular complexity index is 720. The molecule has 1 saturated heterocycles. The minimum absolute atomic E-state index is 0.130. The molecule has 126 valence electrons. The first kappa shape index (κ1) is 16.2. The predicted molar refractivity (Wildman–Crippen MR) is 84.4 cm³/mol. The summed E-state index contributed by atoms with van der Waals surface area (Å²) in [6.07, 6.45) is 2.04. The molecule has 0 saturated carbocycles. The van der Waals surface area contributed by atoms with Crippen molar-refractivity contribution in [3.8, 4) is 11.5 Å². The molecule has 0 radical (unpaired) electrons. The number of carbonyl (C=O) groups is 2. The van der Waals surface area contributed by atoms with E-state index in [9.17, 15) is 9.59 Å². The van der Waals surface area contributed by atoms with Gasteiger partial charge in [0.25, 0.3) is 5.91 Å². The van der Waals surface area contributed by atoms with E-state index < -0.39 is 17.4 Å². The number of hydrogen-bond acceptors (Lipinski definition) is 5. The molecule has 1 aliphatic rings. The van der Waals surface area contributed by atoms with E-state index >= 15 is 0 Å². The second kappa shape index (κ2) is 6.84. The van der Waals surface area contributed by atoms with E-state index in [1.165, 1.54) is 6.26 Å². The van der Waals surface area contributed by atoms with Gasteiger partial charge in [0.15, 0.2) is 5.69 Å². The summed E-state index contributed by atoms with van der Waals surface area (Å²) in [4.78, 5) is 27.8. The summed E-state index contributed by atoms with van der Waals surface area (Å²) < 4.78 is 10.6. The van der Waals surface area contributed by atoms with Gasteiger partial charge in [-0.1, -0.05) is 18.2 Å². The summed E-state index contributed by atoms with van der Waals surface area (Å²) in [5.74, 6) is -1.05. The lowest BCUT2D eigenvalue weighted by Gasteiger charge is -2.36. The molecular formula is C17H18N2O5. The van der Waals surface area contributed by atoms with Crippen molar-refractivity contribution in [2.24, 2.45) is 0 Å². The zero-order chi connectivity index (χ0) is 17.0. The number of hydrogen-bond donors (Lipinski definition) is 2. The van der Waals surface area contributed by atoms with Crippen LogP contribution in [0.1, 0.15) is 29.8 Å². The highest BCUT2D eigenvalue weighted by molar-refractivity contribution is 5.93. The molecule has 1 fully saturated rings. The molecule has 24 heavy (non-hydrogen) atoms. The lowest BCUT2D eigenvalue weighted by Crippen LogP contribution is -2.53. The van der Waals surface area contributed by atoms with Gasteiger partial charge in [0.1, 0.15) is 6.26 Å². The topological polar surface area (TPSA) is 102 Å². The Balaban J connectivity index is 1.76. The van der Waals surface area contributed by atoms with Crippen molar-refractivity contribution < 1.29 is 23.8 Å². The highest BCUT2D eigenvalue weighted by Crippen LogP contribution is 2.25. The van der Waals surface area contributed by atoms with Crippen LogP contribution in [0.4, 0.5) is 0 Å². The smallest absolute Gasteiger partial charge is 0.305 e. The molecule has 2 N–H and O–H groups in total. The van der Waals surface area contributed by atoms with Crippen LogP contribution in [0.15, 0.2) is 41.0 Å². The Hall–Kier alpha value is -2.67. The lowest BCUT2D eigenvalue weighted by molar-refractivity contribution is -0.139. The molecule has 3 rings (SSSR count). The van der Waals surface area contributed by atoms with Gasteiger partial charge in [-0.15, -0.1) is 0 Å². The van der Waals surface area contributed by atoms with Crippen molar-refractivity contribution in [3.63, 3.8) is 0 Å². The lowest BCUT2D eigenvalue weighted by atomic mass is 9.86. The summed E-state index contributed by atoms with van der Waals surface area (Å²) in [6, 6.07) is 9.24. The Morgan fingerprint density at radius 2 is 1.92 bits per heavy atom. The fraction of sp³-hybridized carbons (Fsp3) is 0.353. The van der Waals surface area contributed by atoms with Crippen molar-refractivity contribution in [1.82, 2.24) is 10.3 Å². The van der Waals surface area contributed by atoms with Gasteiger partial charge in [-0.05, 0) is 25.0 Å². The van der Waals surface area contributed by atoms with Crippen molar-refractivity contribution in [2.75, 3.05) is 13.2 Å². The molecule has 1 aliphatic heterocycles. The van der Waals surface area contributed by atoms with Gasteiger partial charge in [0.2, 0.25) is 5.89 Å². The number of carbonyl (C=O) groups excluding carboxylic acids is 1. The van der Waals surface area contributed by atoms with E-state index in [-0.39, 0.29) is 12.1 Å². The Kier molecular flexibility index (Phi) is 4.61. The zero-order valence-corrected chi connectivity index (χ0v) is 13.0. The third kappa shape index (κ3) is 3.62. The van der Waals surface area contributed by atoms with Crippen molar-refractivity contribution >= 4 is 11.9 Å². The van der Waals surface area contributed by atoms with Crippen molar-refractivity contribution in [3.05, 3.63) is 42.3 Å². The van der Waals surface area contributed by atoms with Crippen LogP contribution in [-0.2, 0) is 9.53 Å². The van der Waals surface area contributed by atoms with Crippen molar-refractivity contribution in [2.45, 2.75) is 24.8 Å². The Morgan fingerprint density at radius 3 is 2.58 bits per heavy atom. The number of amides is 1. The number of rotatable bonds is 5. The quantitative estimate of drug-likeness (QED) is 0.870. The molecule has 7 nitrogen and oxygen atoms in total. The molecule has 0 atom stereocenters. The highest BCUT2D eigenvalue weighted by atomic mass is 16.5. The Labute approximate surface area is 138 Å². The average Bonchev–Trinajstić information content (AvgIpc) is 3.06. The second-order valence-electron chi connectivity index (χ2n) is 5.82. The van der Waals surface area contributed by atoms with Crippen molar-refractivity contribution in [1.29, 1.82) is 0 Å². The van der Waals surface area contributed by atoms with Crippen LogP contribution in [-0.4, -0.2) is 40.7 Å². The van der Waals surface area contributed by atoms with Crippen LogP contribution in [0, 0.1) is 0 Å². The van der Waals surface area contributed by atoms with Crippen LogP contribution < -0.4 is 5.32 Å². The van der Waals surface area contributed by atoms with Gasteiger partial charge in [-0.3, -0.25) is 9.59 Å². The molecule has 7 heteroatoms. The van der Waals surface area contributed by atoms with E-state index in [0.29, 0.717) is 31.9 Å². The standard InChI is InChI=1S/C17H18N2O5/c20-14(21)10-17(6-8-23-9-7-17)19-15(22)13-11-24-16(18-13)12-4-2-1-3-5-12/h1-5,11H,6-10H2,(H,19,22)(H,20,21). The van der Waals surface area contributed by atoms with Gasteiger partial charge in [-0.2, -0.15) is 0 Å². The maximum Gasteiger partial charge on any atom is 0.305 e. The third-order valence-corrected chi connectivity index (χ3v) is 4.08. The van der Waals surface area contributed by atoms with Gasteiger partial charge >= 0.3 is 5.97 Å². The normalized spacial score (nSPS) is 16.5. The first-order chi connectivity index (χ1) is 11.6. The average molecular weight is 330 g/mol. The Morgan fingerprint density at radius 1 is 1.21 bits per heavy atom. The minimum atomic E-state index is -0.956. The summed E-state index contributed by atoms with van der Waals surface area (Å²) in [6.45, 7) is 0.837. The van der Waals surface area contributed by atoms with E-state index in [1.807, 2.05) is 30.3 Å². The van der Waals surface area contributed by atoms with Crippen LogP contribution in [0.5, 0.6) is 0 Å². The molecule has 0 aliphatic carbocycles. The molecule has 1 aromatic heterocycles. The summed E-state index contributed by atoms with van der Waals surface area (Å²) in [5, 5.41) is 12.0. The number of nitrogens with zero attached hydrogens (tertiary/aromatic N) is 1. The second-order valence-corrected chi connectivity index (χ2v) is 5.82. The van der Waals surface area contributed by atoms with E-state index in [2.05, 4.69) is 10.3 Å². The van der Waals surface area contributed by atoms with E-state index in [1.54, 1.807) is 0 Å². The molecule has 2 aromatic rings. The first-order valence-corrected chi connectivity index (χ1v) is 7.71. The summed E-state index contributed by atoms with van der Waals surface area (Å²) in [5.41, 5.74) is 0.0838. The molecular weight excluding hydrogens is 312 g/mol. The number of aliphatic carboxylic acids is 1. The zero-order valence-electron chi connectivity index (χ0n) is 13.0. The maximum absolute atomic E-state index is 12.5. The number of carboxylic acid groups (broad SMARTS) is 1. The molecule has 0 bridgehead atoms. The highest BCUT2D eigenvalue weighted by Gasteiger charge is 2.37. The SMILES string of the molecule is O=C(O)CC1(NC(=O)c2coc(-c3ccccc3)n2)CCOCC1. The summed E-state index contributed by atoms with van der Waals surface area (Å²) >= 11 is 0. The van der Waals surface area contributed by atoms with Crippen LogP contribution in [0.2, 0.25) is 0 Å². The summed E-state index contributed by atoms with van der Waals surface area (Å²) in [7, 11) is 0. The largest absolute Gasteiger partial charge is 0.481 e. The molecule has 0 unspecified atom stereocenters. The fourth-order valence-electron chi connectivity index (χ4n) is 2.79. The number of oxazole rings is 1. The number of nitrogens with one attached hydrogen (secondary N) is 1. The van der Waals surface area contributed by atoms with Gasteiger partial charge in [0.05, 0.1) is 12.0 Å². The fourth-order valence-corrected chi connectivity index (χ4v) is 2.79. The monoisotopic (exact) mass is 330 g/mol. The third-order valence-electron chi connectivity index (χ3n) is 4.08. The van der Waals surface area contributed by atoms with E-state index in [0.717, 1.165) is 5.56 Å². The number of ether oxygens (including phenoxy) is 1. The number of benzene rings is 1. The van der Waals surface area contributed by atoms with E-state index in [4.69, 9.17) is 14.3 Å². The van der Waals surface area contributed by atoms with Gasteiger partial charge in [0, 0.05) is 18.8 Å². The van der Waals surface area contributed by atoms with Gasteiger partial charge < -0.3 is 19.6 Å². The number of carboxylic acids is 1. The van der Waals surface area contributed by atoms with Crippen LogP contribution in [0.25, 0.3) is 11.5 Å². The van der Waals surface area contributed by atoms with Crippen LogP contribution in [0.3, 0.4) is 0 Å². The molecule has 1 amide bonds. The predicted octanol–water partition coefficient (Wildman–Crippen LogP) is 2.10.